The van der Waals surface area contributed by atoms with Gasteiger partial charge in [0.15, 0.2) is 0 Å². The molecule has 1 aromatic heterocycles. The molecule has 4 atom stereocenters. The summed E-state index contributed by atoms with van der Waals surface area (Å²) in [5.41, 5.74) is 1.61. The molecule has 2 heterocycles. The summed E-state index contributed by atoms with van der Waals surface area (Å²) < 4.78 is 5.67. The third-order valence-electron chi connectivity index (χ3n) is 5.04. The minimum absolute atomic E-state index is 0.00766. The number of ether oxygens (including phenoxy) is 1. The Morgan fingerprint density at radius 3 is 2.81 bits per heavy atom. The largest absolute Gasteiger partial charge is 0.376 e. The van der Waals surface area contributed by atoms with Gasteiger partial charge in [-0.3, -0.25) is 9.59 Å². The number of aromatic nitrogens is 1. The number of hydrogen-bond donors (Lipinski definition) is 2. The Labute approximate surface area is 156 Å². The second kappa shape index (κ2) is 7.17. The number of carbonyl (C=O) groups excluding carboxylic acids is 2. The molecular formula is C19H21N3O3S. The van der Waals surface area contributed by atoms with Crippen LogP contribution in [0.15, 0.2) is 35.7 Å². The average molecular weight is 371 g/mol. The summed E-state index contributed by atoms with van der Waals surface area (Å²) in [7, 11) is 0. The Morgan fingerprint density at radius 1 is 1.23 bits per heavy atom. The molecule has 1 aliphatic heterocycles. The Bertz CT molecular complexity index is 807. The summed E-state index contributed by atoms with van der Waals surface area (Å²) in [5.74, 6) is -0.0357. The molecule has 0 radical (unpaired) electrons. The number of fused-ring (bicyclic) bond motifs is 1. The molecule has 2 amide bonds. The second-order valence-electron chi connectivity index (χ2n) is 6.80. The van der Waals surface area contributed by atoms with E-state index in [2.05, 4.69) is 15.6 Å². The van der Waals surface area contributed by atoms with Gasteiger partial charge in [-0.25, -0.2) is 4.98 Å². The SMILES string of the molecule is CC(=O)N[C@@H]1[C@@H](NC(=O)c2csc(Cc3ccccc3)n2)[C@H]2CCO[C@H]21. The molecule has 6 nitrogen and oxygen atoms in total. The van der Waals surface area contributed by atoms with Crippen molar-refractivity contribution in [2.45, 2.75) is 38.0 Å². The molecular weight excluding hydrogens is 350 g/mol. The zero-order valence-electron chi connectivity index (χ0n) is 14.5. The average Bonchev–Trinajstić information content (AvgIpc) is 3.26. The fourth-order valence-corrected chi connectivity index (χ4v) is 4.61. The quantitative estimate of drug-likeness (QED) is 0.839. The highest BCUT2D eigenvalue weighted by Gasteiger charge is 2.55. The first-order valence-electron chi connectivity index (χ1n) is 8.80. The molecule has 26 heavy (non-hydrogen) atoms. The maximum Gasteiger partial charge on any atom is 0.271 e. The number of nitrogens with one attached hydrogen (secondary N) is 2. The van der Waals surface area contributed by atoms with Gasteiger partial charge in [-0.15, -0.1) is 11.3 Å². The van der Waals surface area contributed by atoms with E-state index in [4.69, 9.17) is 4.74 Å². The van der Waals surface area contributed by atoms with Crippen molar-refractivity contribution in [1.82, 2.24) is 15.6 Å². The van der Waals surface area contributed by atoms with Crippen LogP contribution in [0.4, 0.5) is 0 Å². The van der Waals surface area contributed by atoms with Gasteiger partial charge < -0.3 is 15.4 Å². The standard InChI is InChI=1S/C19H21N3O3S/c1-11(23)20-17-16(13-7-8-25-18(13)17)22-19(24)14-10-26-15(21-14)9-12-5-3-2-4-6-12/h2-6,10,13,16-18H,7-9H2,1H3,(H,20,23)(H,22,24)/t13-,16+,17-,18-/m1/s1. The van der Waals surface area contributed by atoms with E-state index >= 15 is 0 Å². The fraction of sp³-hybridized carbons (Fsp3) is 0.421. The molecule has 0 spiro atoms. The van der Waals surface area contributed by atoms with E-state index in [1.54, 1.807) is 5.38 Å². The number of carbonyl (C=O) groups is 2. The van der Waals surface area contributed by atoms with E-state index in [-0.39, 0.29) is 35.9 Å². The zero-order valence-corrected chi connectivity index (χ0v) is 15.3. The van der Waals surface area contributed by atoms with Crippen molar-refractivity contribution in [3.8, 4) is 0 Å². The van der Waals surface area contributed by atoms with Crippen LogP contribution in [0.1, 0.15) is 34.4 Å². The molecule has 2 N–H and O–H groups in total. The topological polar surface area (TPSA) is 80.3 Å². The number of benzene rings is 1. The van der Waals surface area contributed by atoms with Crippen LogP contribution in [0.3, 0.4) is 0 Å². The summed E-state index contributed by atoms with van der Waals surface area (Å²) in [4.78, 5) is 28.5. The molecule has 1 aromatic carbocycles. The van der Waals surface area contributed by atoms with Crippen molar-refractivity contribution in [3.05, 3.63) is 52.0 Å². The molecule has 136 valence electrons. The van der Waals surface area contributed by atoms with Crippen molar-refractivity contribution >= 4 is 23.2 Å². The summed E-state index contributed by atoms with van der Waals surface area (Å²) in [6, 6.07) is 9.81. The third kappa shape index (κ3) is 3.37. The number of amides is 2. The third-order valence-corrected chi connectivity index (χ3v) is 5.88. The number of nitrogens with zero attached hydrogens (tertiary/aromatic N) is 1. The summed E-state index contributed by atoms with van der Waals surface area (Å²) in [5, 5.41) is 8.65. The van der Waals surface area contributed by atoms with Crippen LogP contribution in [0.25, 0.3) is 0 Å². The molecule has 0 bridgehead atoms. The van der Waals surface area contributed by atoms with E-state index in [9.17, 15) is 9.59 Å². The van der Waals surface area contributed by atoms with E-state index in [1.165, 1.54) is 23.8 Å². The van der Waals surface area contributed by atoms with Crippen molar-refractivity contribution in [2.24, 2.45) is 5.92 Å². The van der Waals surface area contributed by atoms with E-state index in [1.807, 2.05) is 30.3 Å². The number of hydrogen-bond acceptors (Lipinski definition) is 5. The monoisotopic (exact) mass is 371 g/mol. The fourth-order valence-electron chi connectivity index (χ4n) is 3.80. The summed E-state index contributed by atoms with van der Waals surface area (Å²) in [6.07, 6.45) is 1.63. The van der Waals surface area contributed by atoms with Gasteiger partial charge in [-0.1, -0.05) is 30.3 Å². The van der Waals surface area contributed by atoms with Crippen LogP contribution < -0.4 is 10.6 Å². The predicted octanol–water partition coefficient (Wildman–Crippen LogP) is 1.76. The van der Waals surface area contributed by atoms with Gasteiger partial charge in [-0.2, -0.15) is 0 Å². The van der Waals surface area contributed by atoms with Gasteiger partial charge in [0, 0.05) is 31.2 Å². The summed E-state index contributed by atoms with van der Waals surface area (Å²) in [6.45, 7) is 2.16. The van der Waals surface area contributed by atoms with Crippen LogP contribution in [-0.4, -0.2) is 41.6 Å². The van der Waals surface area contributed by atoms with Gasteiger partial charge in [0.05, 0.1) is 23.2 Å². The minimum atomic E-state index is -0.189. The van der Waals surface area contributed by atoms with Crippen LogP contribution in [0, 0.1) is 5.92 Å². The molecule has 4 rings (SSSR count). The van der Waals surface area contributed by atoms with E-state index in [0.717, 1.165) is 17.8 Å². The second-order valence-corrected chi connectivity index (χ2v) is 7.75. The Kier molecular flexibility index (Phi) is 4.74. The molecule has 2 aromatic rings. The van der Waals surface area contributed by atoms with Gasteiger partial charge in [0.1, 0.15) is 5.69 Å². The van der Waals surface area contributed by atoms with Crippen LogP contribution in [0.2, 0.25) is 0 Å². The first-order chi connectivity index (χ1) is 12.6. The van der Waals surface area contributed by atoms with Gasteiger partial charge >= 0.3 is 0 Å². The van der Waals surface area contributed by atoms with Crippen molar-refractivity contribution in [2.75, 3.05) is 6.61 Å². The molecule has 7 heteroatoms. The van der Waals surface area contributed by atoms with Crippen molar-refractivity contribution in [3.63, 3.8) is 0 Å². The number of thiazole rings is 1. The van der Waals surface area contributed by atoms with Crippen LogP contribution in [0.5, 0.6) is 0 Å². The molecule has 1 aliphatic carbocycles. The van der Waals surface area contributed by atoms with Crippen LogP contribution in [-0.2, 0) is 16.0 Å². The first-order valence-corrected chi connectivity index (χ1v) is 9.67. The van der Waals surface area contributed by atoms with Gasteiger partial charge in [-0.05, 0) is 12.0 Å². The Hall–Kier alpha value is -2.25. The maximum atomic E-state index is 12.6. The Balaban J connectivity index is 1.41. The smallest absolute Gasteiger partial charge is 0.271 e. The van der Waals surface area contributed by atoms with Crippen molar-refractivity contribution in [1.29, 1.82) is 0 Å². The predicted molar refractivity (Wildman–Crippen MR) is 98.1 cm³/mol. The lowest BCUT2D eigenvalue weighted by atomic mass is 9.71. The molecule has 0 unspecified atom stereocenters. The lowest BCUT2D eigenvalue weighted by Crippen LogP contribution is -2.70. The van der Waals surface area contributed by atoms with Gasteiger partial charge in [0.2, 0.25) is 5.91 Å². The normalized spacial score (nSPS) is 26.7. The molecule has 1 saturated heterocycles. The molecule has 2 fully saturated rings. The maximum absolute atomic E-state index is 12.6. The highest BCUT2D eigenvalue weighted by molar-refractivity contribution is 7.09. The van der Waals surface area contributed by atoms with E-state index < -0.39 is 0 Å². The Morgan fingerprint density at radius 2 is 2.04 bits per heavy atom. The van der Waals surface area contributed by atoms with Crippen LogP contribution >= 0.6 is 11.3 Å². The lowest BCUT2D eigenvalue weighted by molar-refractivity contribution is -0.123. The minimum Gasteiger partial charge on any atom is -0.376 e. The first kappa shape index (κ1) is 17.2. The van der Waals surface area contributed by atoms with E-state index in [0.29, 0.717) is 12.3 Å². The summed E-state index contributed by atoms with van der Waals surface area (Å²) >= 11 is 1.49. The zero-order chi connectivity index (χ0) is 18.1. The highest BCUT2D eigenvalue weighted by atomic mass is 32.1. The number of rotatable bonds is 5. The van der Waals surface area contributed by atoms with Gasteiger partial charge in [0.25, 0.3) is 5.91 Å². The molecule has 2 aliphatic rings. The lowest BCUT2D eigenvalue weighted by Gasteiger charge is -2.47. The van der Waals surface area contributed by atoms with Crippen molar-refractivity contribution < 1.29 is 14.3 Å². The highest BCUT2D eigenvalue weighted by Crippen LogP contribution is 2.39. The molecule has 1 saturated carbocycles.